The zero-order valence-electron chi connectivity index (χ0n) is 69.6. The predicted molar refractivity (Wildman–Crippen MR) is 414 cm³/mol. The Labute approximate surface area is 1030 Å². The third-order valence-electron chi connectivity index (χ3n) is 10.4. The van der Waals surface area contributed by atoms with Crippen molar-refractivity contribution in [3.05, 3.63) is 347 Å². The molecule has 105 heavy (non-hydrogen) atoms. The fourth-order valence-electron chi connectivity index (χ4n) is 7.00. The summed E-state index contributed by atoms with van der Waals surface area (Å²) in [6.45, 7) is 65.9. The Morgan fingerprint density at radius 2 is 0.448 bits per heavy atom. The van der Waals surface area contributed by atoms with Crippen molar-refractivity contribution in [2.75, 3.05) is 0 Å². The van der Waals surface area contributed by atoms with Gasteiger partial charge >= 0.3 is 0 Å². The molecule has 10 aromatic carbocycles. The molecule has 0 atom stereocenters. The summed E-state index contributed by atoms with van der Waals surface area (Å²) in [5, 5.41) is 0. The van der Waals surface area contributed by atoms with Crippen molar-refractivity contribution in [1.29, 1.82) is 0 Å². The Morgan fingerprint density at radius 3 is 0.600 bits per heavy atom. The standard InChI is InChI=1S/4C13H10.C10H13.C8H9.10C2H6.15Y/c4*1-11-6-5-9-13(10-11)12-7-3-2-4-8-12;1-9(2)8-10-6-4-3-5-7-10;1-7-4-3-5-8(2)6-7;10*1-2;;;;;;;;;;;;;;;/h4*2-3,5-10H,1H2;3-6,9H,8H2,1-2H3;3-6H,1H2,2H3;10*1-2H3;;;;;;;;;;;;;;;/q4*-2;2*-1;;;;;;;;;;;;;;;;;;;;;;;;;. The Hall–Kier alpha value is 8.11. The van der Waals surface area contributed by atoms with E-state index in [0.717, 1.165) is 40.2 Å². The Balaban J connectivity index is -0.0000000395. The van der Waals surface area contributed by atoms with Crippen molar-refractivity contribution in [2.45, 2.75) is 166 Å². The maximum Gasteiger partial charge on any atom is 0 e. The first kappa shape index (κ1) is 168. The van der Waals surface area contributed by atoms with Crippen LogP contribution in [-0.4, -0.2) is 0 Å². The van der Waals surface area contributed by atoms with Crippen LogP contribution in [0.5, 0.6) is 0 Å². The first-order valence-corrected chi connectivity index (χ1v) is 33.4. The molecule has 0 N–H and O–H groups in total. The molecule has 0 heterocycles. The van der Waals surface area contributed by atoms with Gasteiger partial charge in [0, 0.05) is 491 Å². The number of aryl methyl sites for hydroxylation is 1. The van der Waals surface area contributed by atoms with Crippen molar-refractivity contribution in [1.82, 2.24) is 0 Å². The molecule has 0 bridgehead atoms. The van der Waals surface area contributed by atoms with Crippen LogP contribution in [0.1, 0.15) is 191 Å². The third kappa shape index (κ3) is 97.4. The van der Waals surface area contributed by atoms with Crippen LogP contribution in [0, 0.1) is 77.8 Å². The van der Waals surface area contributed by atoms with E-state index in [0.29, 0.717) is 0 Å². The zero-order chi connectivity index (χ0) is 69.8. The molecular formula is C90H122Y15-10. The molecule has 15 radical (unpaired) electrons. The second kappa shape index (κ2) is 133. The van der Waals surface area contributed by atoms with Gasteiger partial charge in [0.25, 0.3) is 0 Å². The minimum absolute atomic E-state index is 0. The summed E-state index contributed by atoms with van der Waals surface area (Å²) in [7, 11) is 0. The van der Waals surface area contributed by atoms with E-state index >= 15 is 0 Å². The van der Waals surface area contributed by atoms with Crippen LogP contribution < -0.4 is 0 Å². The normalized spacial score (nSPS) is 7.12. The summed E-state index contributed by atoms with van der Waals surface area (Å²) in [6.07, 6.45) is 1.14. The van der Waals surface area contributed by atoms with Gasteiger partial charge in [0.05, 0.1) is 0 Å². The number of hydrogen-bond acceptors (Lipinski definition) is 0. The monoisotopic (exact) mass is 2540 g/mol. The minimum atomic E-state index is 0. The van der Waals surface area contributed by atoms with Crippen molar-refractivity contribution < 1.29 is 491 Å². The number of benzene rings is 10. The predicted octanol–water partition coefficient (Wildman–Crippen LogP) is 28.4. The van der Waals surface area contributed by atoms with E-state index in [1.807, 2.05) is 284 Å². The van der Waals surface area contributed by atoms with Gasteiger partial charge in [0.1, 0.15) is 0 Å². The molecule has 10 rings (SSSR count). The summed E-state index contributed by atoms with van der Waals surface area (Å²) >= 11 is 0. The van der Waals surface area contributed by atoms with Crippen molar-refractivity contribution in [3.63, 3.8) is 0 Å². The summed E-state index contributed by atoms with van der Waals surface area (Å²) < 4.78 is 0. The summed E-state index contributed by atoms with van der Waals surface area (Å²) in [5.74, 6) is 0.735. The maximum atomic E-state index is 3.90. The molecule has 0 fully saturated rings. The smallest absolute Gasteiger partial charge is 0 e. The van der Waals surface area contributed by atoms with Crippen LogP contribution in [0.3, 0.4) is 0 Å². The van der Waals surface area contributed by atoms with E-state index in [1.165, 1.54) is 55.6 Å². The molecule has 0 unspecified atom stereocenters. The molecule has 0 saturated carbocycles. The third-order valence-corrected chi connectivity index (χ3v) is 10.4. The molecule has 15 heteroatoms. The Morgan fingerprint density at radius 1 is 0.238 bits per heavy atom. The van der Waals surface area contributed by atoms with Crippen LogP contribution in [-0.2, 0) is 497 Å². The topological polar surface area (TPSA) is 0 Å². The van der Waals surface area contributed by atoms with E-state index < -0.39 is 0 Å². The SMILES string of the molecule is CC.CC.CC.CC.CC.CC.CC.CC.CC.CC.CC(C)Cc1[c-]cccc1.[CH2-]c1cccc(-c2c[c-]ccc2)c1.[CH2-]c1cccc(-c2c[c-]ccc2)c1.[CH2-]c1cccc(-c2c[c-]ccc2)c1.[CH2-]c1cccc(-c2c[c-]ccc2)c1.[CH2-]c1cccc(C)c1.[Y].[Y].[Y].[Y].[Y].[Y].[Y].[Y].[Y].[Y].[Y].[Y].[Y].[Y].[Y]. The molecule has 537 valence electrons. The van der Waals surface area contributed by atoms with Crippen LogP contribution in [0.4, 0.5) is 0 Å². The van der Waals surface area contributed by atoms with E-state index in [1.54, 1.807) is 0 Å². The minimum Gasteiger partial charge on any atom is -0.199 e. The largest absolute Gasteiger partial charge is 0.199 e. The molecule has 0 nitrogen and oxygen atoms in total. The molecule has 0 aliphatic rings. The second-order valence-corrected chi connectivity index (χ2v) is 16.9. The molecule has 0 aromatic heterocycles. The van der Waals surface area contributed by atoms with Crippen molar-refractivity contribution in [3.8, 4) is 44.5 Å². The van der Waals surface area contributed by atoms with Crippen LogP contribution in [0.2, 0.25) is 0 Å². The average molecular weight is 2540 g/mol. The zero-order valence-corrected chi connectivity index (χ0v) is 112. The van der Waals surface area contributed by atoms with E-state index in [9.17, 15) is 0 Å². The van der Waals surface area contributed by atoms with Gasteiger partial charge < -0.3 is 0 Å². The van der Waals surface area contributed by atoms with E-state index in [-0.39, 0.29) is 491 Å². The van der Waals surface area contributed by atoms with Gasteiger partial charge in [0.2, 0.25) is 0 Å². The first-order valence-electron chi connectivity index (χ1n) is 33.4. The summed E-state index contributed by atoms with van der Waals surface area (Å²) in [6, 6.07) is 96.2. The van der Waals surface area contributed by atoms with Crippen LogP contribution in [0.25, 0.3) is 44.5 Å². The Bertz CT molecular complexity index is 2670. The van der Waals surface area contributed by atoms with Crippen molar-refractivity contribution >= 4 is 0 Å². The van der Waals surface area contributed by atoms with Gasteiger partial charge in [-0.1, -0.05) is 190 Å². The van der Waals surface area contributed by atoms with Crippen LogP contribution >= 0.6 is 0 Å². The Kier molecular flexibility index (Phi) is 212. The molecular weight excluding hydrogens is 2410 g/mol. The first-order chi connectivity index (χ1) is 44.0. The molecule has 0 aliphatic heterocycles. The van der Waals surface area contributed by atoms with Gasteiger partial charge in [-0.3, -0.25) is 0 Å². The van der Waals surface area contributed by atoms with Crippen molar-refractivity contribution in [2.24, 2.45) is 5.92 Å². The summed E-state index contributed by atoms with van der Waals surface area (Å²) in [4.78, 5) is 0. The fourth-order valence-corrected chi connectivity index (χ4v) is 7.00. The van der Waals surface area contributed by atoms with Gasteiger partial charge in [-0.25, -0.2) is 0 Å². The maximum absolute atomic E-state index is 3.90. The second-order valence-electron chi connectivity index (χ2n) is 16.9. The number of rotatable bonds is 6. The quantitative estimate of drug-likeness (QED) is 0.146. The molecule has 0 amide bonds. The fraction of sp³-hybridized carbons (Fsp3) is 0.278. The van der Waals surface area contributed by atoms with Gasteiger partial charge in [0.15, 0.2) is 0 Å². The molecule has 0 spiro atoms. The summed E-state index contributed by atoms with van der Waals surface area (Å²) in [5.41, 5.74) is 17.4. The molecule has 0 aliphatic carbocycles. The van der Waals surface area contributed by atoms with Gasteiger partial charge in [-0.2, -0.15) is 280 Å². The molecule has 0 saturated heterocycles. The van der Waals surface area contributed by atoms with Crippen LogP contribution in [0.15, 0.2) is 243 Å². The van der Waals surface area contributed by atoms with E-state index in [4.69, 9.17) is 0 Å². The van der Waals surface area contributed by atoms with E-state index in [2.05, 4.69) is 183 Å². The number of hydrogen-bond donors (Lipinski definition) is 0. The van der Waals surface area contributed by atoms with Gasteiger partial charge in [-0.15, -0.1) is 80.4 Å². The van der Waals surface area contributed by atoms with Gasteiger partial charge in [-0.05, 0) is 12.3 Å². The molecule has 10 aromatic rings. The average Bonchev–Trinajstić information content (AvgIpc) is 0.897.